The van der Waals surface area contributed by atoms with Crippen molar-refractivity contribution in [1.82, 2.24) is 10.1 Å². The molecule has 2 aliphatic rings. The van der Waals surface area contributed by atoms with E-state index in [1.165, 1.54) is 0 Å². The van der Waals surface area contributed by atoms with Gasteiger partial charge in [0.1, 0.15) is 13.2 Å². The lowest BCUT2D eigenvalue weighted by Gasteiger charge is -2.28. The Bertz CT molecular complexity index is 765. The number of carbonyl (C=O) groups excluding carboxylic acids is 1. The molecule has 0 saturated heterocycles. The molecule has 0 radical (unpaired) electrons. The first kappa shape index (κ1) is 16.0. The molecular formula is C19H22N2O4. The highest BCUT2D eigenvalue weighted by Crippen LogP contribution is 2.32. The van der Waals surface area contributed by atoms with Crippen LogP contribution in [0.1, 0.15) is 47.5 Å². The molecule has 2 aromatic rings. The first-order valence-electron chi connectivity index (χ1n) is 8.83. The van der Waals surface area contributed by atoms with Crippen molar-refractivity contribution in [3.05, 3.63) is 41.3 Å². The summed E-state index contributed by atoms with van der Waals surface area (Å²) < 4.78 is 16.4. The van der Waals surface area contributed by atoms with Gasteiger partial charge in [0.25, 0.3) is 5.91 Å². The molecule has 0 unspecified atom stereocenters. The quantitative estimate of drug-likeness (QED) is 0.853. The average molecular weight is 342 g/mol. The summed E-state index contributed by atoms with van der Waals surface area (Å²) in [6.07, 6.45) is 4.38. The van der Waals surface area contributed by atoms with Gasteiger partial charge in [-0.05, 0) is 37.5 Å². The number of hydrogen-bond acceptors (Lipinski definition) is 5. The Kier molecular flexibility index (Phi) is 4.34. The Hall–Kier alpha value is -2.50. The molecule has 0 N–H and O–H groups in total. The molecular weight excluding hydrogens is 320 g/mol. The van der Waals surface area contributed by atoms with Crippen molar-refractivity contribution in [3.8, 4) is 11.5 Å². The highest BCUT2D eigenvalue weighted by atomic mass is 16.6. The number of aromatic nitrogens is 1. The molecule has 2 heterocycles. The number of nitrogens with zero attached hydrogens (tertiary/aromatic N) is 2. The summed E-state index contributed by atoms with van der Waals surface area (Å²) in [5.41, 5.74) is 1.75. The zero-order chi connectivity index (χ0) is 17.2. The third-order valence-electron chi connectivity index (χ3n) is 4.82. The van der Waals surface area contributed by atoms with E-state index in [1.807, 2.05) is 30.0 Å². The van der Waals surface area contributed by atoms with Gasteiger partial charge < -0.3 is 18.9 Å². The van der Waals surface area contributed by atoms with Crippen LogP contribution in [0.4, 0.5) is 0 Å². The fourth-order valence-electron chi connectivity index (χ4n) is 3.57. The van der Waals surface area contributed by atoms with E-state index < -0.39 is 0 Å². The molecule has 0 spiro atoms. The first-order valence-corrected chi connectivity index (χ1v) is 8.83. The monoisotopic (exact) mass is 342 g/mol. The third kappa shape index (κ3) is 3.34. The molecule has 6 heteroatoms. The predicted molar refractivity (Wildman–Crippen MR) is 90.8 cm³/mol. The van der Waals surface area contributed by atoms with Crippen molar-refractivity contribution in [3.63, 3.8) is 0 Å². The molecule has 0 atom stereocenters. The van der Waals surface area contributed by atoms with Crippen LogP contribution in [-0.2, 0) is 6.54 Å². The molecule has 6 nitrogen and oxygen atoms in total. The zero-order valence-corrected chi connectivity index (χ0v) is 14.4. The normalized spacial score (nSPS) is 16.8. The van der Waals surface area contributed by atoms with Gasteiger partial charge in [-0.25, -0.2) is 0 Å². The number of carbonyl (C=O) groups is 1. The smallest absolute Gasteiger partial charge is 0.293 e. The van der Waals surface area contributed by atoms with Crippen molar-refractivity contribution in [2.45, 2.75) is 45.2 Å². The molecule has 0 bridgehead atoms. The van der Waals surface area contributed by atoms with Gasteiger partial charge in [-0.15, -0.1) is 0 Å². The van der Waals surface area contributed by atoms with Gasteiger partial charge in [0.15, 0.2) is 11.5 Å². The second-order valence-corrected chi connectivity index (χ2v) is 6.68. The Morgan fingerprint density at radius 1 is 1.16 bits per heavy atom. The van der Waals surface area contributed by atoms with Crippen LogP contribution in [0, 0.1) is 6.92 Å². The van der Waals surface area contributed by atoms with Crippen molar-refractivity contribution in [1.29, 1.82) is 0 Å². The summed E-state index contributed by atoms with van der Waals surface area (Å²) in [7, 11) is 0. The van der Waals surface area contributed by atoms with E-state index in [0.29, 0.717) is 31.2 Å². The highest BCUT2D eigenvalue weighted by molar-refractivity contribution is 5.91. The van der Waals surface area contributed by atoms with E-state index in [0.717, 1.165) is 42.7 Å². The molecule has 25 heavy (non-hydrogen) atoms. The fourth-order valence-corrected chi connectivity index (χ4v) is 3.57. The standard InChI is InChI=1S/C19H22N2O4/c1-13-10-18(25-20-13)19(22)21(15-4-2-3-5-15)12-14-6-7-16-17(11-14)24-9-8-23-16/h6-7,10-11,15H,2-5,8-9,12H2,1H3. The molecule has 1 saturated carbocycles. The largest absolute Gasteiger partial charge is 0.486 e. The maximum atomic E-state index is 13.0. The second-order valence-electron chi connectivity index (χ2n) is 6.68. The maximum absolute atomic E-state index is 13.0. The van der Waals surface area contributed by atoms with Crippen molar-refractivity contribution >= 4 is 5.91 Å². The SMILES string of the molecule is Cc1cc(C(=O)N(Cc2ccc3c(c2)OCCO3)C2CCCC2)on1. The summed E-state index contributed by atoms with van der Waals surface area (Å²) in [6.45, 7) is 3.48. The van der Waals surface area contributed by atoms with Crippen molar-refractivity contribution in [2.24, 2.45) is 0 Å². The minimum absolute atomic E-state index is 0.0950. The van der Waals surface area contributed by atoms with Gasteiger partial charge in [-0.2, -0.15) is 0 Å². The summed E-state index contributed by atoms with van der Waals surface area (Å²) in [5, 5.41) is 3.85. The van der Waals surface area contributed by atoms with E-state index in [4.69, 9.17) is 14.0 Å². The van der Waals surface area contributed by atoms with E-state index in [1.54, 1.807) is 6.07 Å². The van der Waals surface area contributed by atoms with E-state index in [2.05, 4.69) is 5.16 Å². The van der Waals surface area contributed by atoms with E-state index >= 15 is 0 Å². The number of benzene rings is 1. The highest BCUT2D eigenvalue weighted by Gasteiger charge is 2.30. The molecule has 132 valence electrons. The lowest BCUT2D eigenvalue weighted by Crippen LogP contribution is -2.38. The molecule has 1 aliphatic heterocycles. The lowest BCUT2D eigenvalue weighted by atomic mass is 10.1. The fraction of sp³-hybridized carbons (Fsp3) is 0.474. The molecule has 1 aliphatic carbocycles. The summed E-state index contributed by atoms with van der Waals surface area (Å²) >= 11 is 0. The van der Waals surface area contributed by atoms with Gasteiger partial charge in [0.05, 0.1) is 5.69 Å². The third-order valence-corrected chi connectivity index (χ3v) is 4.82. The van der Waals surface area contributed by atoms with Crippen LogP contribution in [-0.4, -0.2) is 35.2 Å². The molecule has 1 fully saturated rings. The Morgan fingerprint density at radius 2 is 1.92 bits per heavy atom. The number of rotatable bonds is 4. The topological polar surface area (TPSA) is 64.8 Å². The van der Waals surface area contributed by atoms with Crippen LogP contribution in [0.25, 0.3) is 0 Å². The number of aryl methyl sites for hydroxylation is 1. The van der Waals surface area contributed by atoms with Crippen molar-refractivity contribution in [2.75, 3.05) is 13.2 Å². The lowest BCUT2D eigenvalue weighted by molar-refractivity contribution is 0.0621. The zero-order valence-electron chi connectivity index (χ0n) is 14.4. The molecule has 1 aromatic heterocycles. The van der Waals surface area contributed by atoms with Crippen LogP contribution in [0.2, 0.25) is 0 Å². The van der Waals surface area contributed by atoms with Crippen LogP contribution in [0.15, 0.2) is 28.8 Å². The number of amides is 1. The van der Waals surface area contributed by atoms with Gasteiger partial charge in [-0.3, -0.25) is 4.79 Å². The Labute approximate surface area is 146 Å². The van der Waals surface area contributed by atoms with E-state index in [-0.39, 0.29) is 11.9 Å². The van der Waals surface area contributed by atoms with Gasteiger partial charge in [0.2, 0.25) is 5.76 Å². The molecule has 1 aromatic carbocycles. The maximum Gasteiger partial charge on any atom is 0.293 e. The summed E-state index contributed by atoms with van der Waals surface area (Å²) in [5.74, 6) is 1.72. The summed E-state index contributed by atoms with van der Waals surface area (Å²) in [6, 6.07) is 7.82. The minimum Gasteiger partial charge on any atom is -0.486 e. The number of hydrogen-bond donors (Lipinski definition) is 0. The molecule has 1 amide bonds. The van der Waals surface area contributed by atoms with Crippen molar-refractivity contribution < 1.29 is 18.8 Å². The Balaban J connectivity index is 1.59. The van der Waals surface area contributed by atoms with Crippen LogP contribution in [0.3, 0.4) is 0 Å². The van der Waals surface area contributed by atoms with Crippen LogP contribution in [0.5, 0.6) is 11.5 Å². The first-order chi connectivity index (χ1) is 12.2. The molecule has 4 rings (SSSR count). The number of ether oxygens (including phenoxy) is 2. The van der Waals surface area contributed by atoms with E-state index in [9.17, 15) is 4.79 Å². The van der Waals surface area contributed by atoms with Gasteiger partial charge >= 0.3 is 0 Å². The van der Waals surface area contributed by atoms with Gasteiger partial charge in [0, 0.05) is 18.7 Å². The minimum atomic E-state index is -0.0950. The van der Waals surface area contributed by atoms with Crippen LogP contribution >= 0.6 is 0 Å². The van der Waals surface area contributed by atoms with Crippen LogP contribution < -0.4 is 9.47 Å². The predicted octanol–water partition coefficient (Wildman–Crippen LogP) is 3.34. The summed E-state index contributed by atoms with van der Waals surface area (Å²) in [4.78, 5) is 14.9. The number of fused-ring (bicyclic) bond motifs is 1. The van der Waals surface area contributed by atoms with Gasteiger partial charge in [-0.1, -0.05) is 24.1 Å². The average Bonchev–Trinajstić information content (AvgIpc) is 3.31. The second kappa shape index (κ2) is 6.78. The Morgan fingerprint density at radius 3 is 2.64 bits per heavy atom.